The zero-order valence-corrected chi connectivity index (χ0v) is 27.1. The van der Waals surface area contributed by atoms with Gasteiger partial charge in [-0.05, 0) is 51.0 Å². The summed E-state index contributed by atoms with van der Waals surface area (Å²) >= 11 is 0. The first-order valence-corrected chi connectivity index (χ1v) is 15.3. The molecule has 3 N–H and O–H groups in total. The number of carbonyl (C=O) groups is 3. The second-order valence-electron chi connectivity index (χ2n) is 11.2. The van der Waals surface area contributed by atoms with Gasteiger partial charge < -0.3 is 30.5 Å². The maximum absolute atomic E-state index is 13.8. The van der Waals surface area contributed by atoms with E-state index < -0.39 is 11.5 Å². The number of nitrogens with one attached hydrogen (secondary N) is 3. The predicted octanol–water partition coefficient (Wildman–Crippen LogP) is 5.18. The van der Waals surface area contributed by atoms with Crippen molar-refractivity contribution in [3.63, 3.8) is 0 Å². The fourth-order valence-electron chi connectivity index (χ4n) is 5.23. The van der Waals surface area contributed by atoms with E-state index in [1.165, 1.54) is 28.1 Å². The molecule has 0 saturated heterocycles. The van der Waals surface area contributed by atoms with Crippen LogP contribution in [0.2, 0.25) is 0 Å². The minimum atomic E-state index is -0.518. The summed E-state index contributed by atoms with van der Waals surface area (Å²) in [6, 6.07) is 3.42. The first-order chi connectivity index (χ1) is 20.9. The Hall–Kier alpha value is -4.34. The SMILES string of the molecule is CCCCC(C)N=C1C=C(NC(C)=O)/C(=C2/C(=O)C(c3cc(OC)c(NC(C)CCCC)cc3NC(C)=O)=C2[O-])C=C1OC. The molecule has 0 aromatic heterocycles. The van der Waals surface area contributed by atoms with Crippen LogP contribution in [0, 0.1) is 0 Å². The van der Waals surface area contributed by atoms with Crippen LogP contribution in [0.4, 0.5) is 11.4 Å². The lowest BCUT2D eigenvalue weighted by Crippen LogP contribution is -2.34. The number of carbonyl (C=O) groups excluding carboxylic acids is 3. The van der Waals surface area contributed by atoms with Crippen LogP contribution in [-0.4, -0.2) is 49.6 Å². The van der Waals surface area contributed by atoms with Gasteiger partial charge in [-0.25, -0.2) is 0 Å². The first kappa shape index (κ1) is 34.2. The normalized spacial score (nSPS) is 18.6. The Morgan fingerprint density at radius 2 is 1.57 bits per heavy atom. The molecule has 2 amide bonds. The second kappa shape index (κ2) is 15.4. The van der Waals surface area contributed by atoms with E-state index in [0.29, 0.717) is 28.6 Å². The number of nitrogens with zero attached hydrogens (tertiary/aromatic N) is 1. The Bertz CT molecular complexity index is 1450. The van der Waals surface area contributed by atoms with E-state index >= 15 is 0 Å². The van der Waals surface area contributed by atoms with Crippen LogP contribution in [0.15, 0.2) is 57.6 Å². The monoisotopic (exact) mass is 605 g/mol. The molecule has 10 heteroatoms. The molecule has 238 valence electrons. The van der Waals surface area contributed by atoms with Crippen molar-refractivity contribution >= 4 is 40.3 Å². The largest absolute Gasteiger partial charge is 0.871 e. The molecular weight excluding hydrogens is 560 g/mol. The van der Waals surface area contributed by atoms with Gasteiger partial charge in [0, 0.05) is 48.2 Å². The highest BCUT2D eigenvalue weighted by atomic mass is 16.5. The molecule has 1 aromatic rings. The van der Waals surface area contributed by atoms with Crippen molar-refractivity contribution in [2.24, 2.45) is 4.99 Å². The average molecular weight is 606 g/mol. The lowest BCUT2D eigenvalue weighted by molar-refractivity contribution is -0.297. The van der Waals surface area contributed by atoms with E-state index in [1.807, 2.05) is 6.92 Å². The number of hydrogen-bond acceptors (Lipinski definition) is 8. The quantitative estimate of drug-likeness (QED) is 0.248. The smallest absolute Gasteiger partial charge is 0.221 e. The molecule has 0 spiro atoms. The molecule has 2 aliphatic rings. The van der Waals surface area contributed by atoms with Gasteiger partial charge in [-0.2, -0.15) is 0 Å². The number of benzene rings is 1. The minimum Gasteiger partial charge on any atom is -0.871 e. The van der Waals surface area contributed by atoms with Crippen LogP contribution >= 0.6 is 0 Å². The zero-order chi connectivity index (χ0) is 32.6. The van der Waals surface area contributed by atoms with Crippen molar-refractivity contribution in [2.45, 2.75) is 92.2 Å². The molecule has 2 atom stereocenters. The highest BCUT2D eigenvalue weighted by Gasteiger charge is 2.35. The number of rotatable bonds is 14. The Balaban J connectivity index is 2.15. The Kier molecular flexibility index (Phi) is 12.0. The summed E-state index contributed by atoms with van der Waals surface area (Å²) in [5, 5.41) is 22.7. The molecule has 0 bridgehead atoms. The molecule has 3 rings (SSSR count). The molecule has 2 aliphatic carbocycles. The number of hydrogen-bond donors (Lipinski definition) is 3. The Morgan fingerprint density at radius 3 is 2.14 bits per heavy atom. The fourth-order valence-corrected chi connectivity index (χ4v) is 5.23. The van der Waals surface area contributed by atoms with Gasteiger partial charge in [-0.15, -0.1) is 0 Å². The van der Waals surface area contributed by atoms with Gasteiger partial charge in [0.2, 0.25) is 11.8 Å². The Morgan fingerprint density at radius 1 is 0.909 bits per heavy atom. The van der Waals surface area contributed by atoms with Crippen LogP contribution in [0.1, 0.15) is 85.6 Å². The number of amides is 2. The summed E-state index contributed by atoms with van der Waals surface area (Å²) in [6.45, 7) is 11.0. The molecule has 10 nitrogen and oxygen atoms in total. The molecule has 1 aromatic carbocycles. The first-order valence-electron chi connectivity index (χ1n) is 15.3. The van der Waals surface area contributed by atoms with Crippen LogP contribution in [0.3, 0.4) is 0 Å². The summed E-state index contributed by atoms with van der Waals surface area (Å²) in [5.74, 6) is -0.935. The maximum Gasteiger partial charge on any atom is 0.221 e. The van der Waals surface area contributed by atoms with Crippen molar-refractivity contribution < 1.29 is 29.0 Å². The van der Waals surface area contributed by atoms with Crippen LogP contribution in [-0.2, 0) is 19.1 Å². The topological polar surface area (TPSA) is 141 Å². The number of unbranched alkanes of at least 4 members (excludes halogenated alkanes) is 2. The van der Waals surface area contributed by atoms with E-state index in [2.05, 4.69) is 36.7 Å². The van der Waals surface area contributed by atoms with Gasteiger partial charge in [0.25, 0.3) is 0 Å². The molecule has 0 saturated carbocycles. The number of allylic oxidation sites excluding steroid dienone is 4. The van der Waals surface area contributed by atoms with Gasteiger partial charge in [0.15, 0.2) is 5.78 Å². The molecule has 0 radical (unpaired) electrons. The molecular formula is C34H45N4O6-. The third-order valence-corrected chi connectivity index (χ3v) is 7.45. The molecule has 0 fully saturated rings. The highest BCUT2D eigenvalue weighted by molar-refractivity contribution is 6.40. The van der Waals surface area contributed by atoms with Gasteiger partial charge in [-0.3, -0.25) is 19.4 Å². The van der Waals surface area contributed by atoms with Gasteiger partial charge in [-0.1, -0.05) is 45.3 Å². The predicted molar refractivity (Wildman–Crippen MR) is 172 cm³/mol. The number of Topliss-reactive ketones (excluding diaryl/α,β-unsaturated/α-hetero) is 1. The van der Waals surface area contributed by atoms with Gasteiger partial charge in [0.05, 0.1) is 31.3 Å². The molecule has 44 heavy (non-hydrogen) atoms. The van der Waals surface area contributed by atoms with Crippen molar-refractivity contribution in [3.8, 4) is 5.75 Å². The van der Waals surface area contributed by atoms with Crippen molar-refractivity contribution in [1.29, 1.82) is 0 Å². The van der Waals surface area contributed by atoms with Crippen molar-refractivity contribution in [2.75, 3.05) is 24.9 Å². The summed E-state index contributed by atoms with van der Waals surface area (Å²) in [5.41, 5.74) is 2.08. The minimum absolute atomic E-state index is 0.00806. The lowest BCUT2D eigenvalue weighted by Gasteiger charge is -2.35. The van der Waals surface area contributed by atoms with Gasteiger partial charge in [0.1, 0.15) is 17.2 Å². The van der Waals surface area contributed by atoms with Gasteiger partial charge >= 0.3 is 0 Å². The molecule has 0 heterocycles. The average Bonchev–Trinajstić information content (AvgIpc) is 2.96. The summed E-state index contributed by atoms with van der Waals surface area (Å²) in [7, 11) is 3.00. The highest BCUT2D eigenvalue weighted by Crippen LogP contribution is 2.44. The van der Waals surface area contributed by atoms with Crippen LogP contribution in [0.5, 0.6) is 5.75 Å². The summed E-state index contributed by atoms with van der Waals surface area (Å²) in [4.78, 5) is 42.8. The molecule has 2 unspecified atom stereocenters. The third kappa shape index (κ3) is 7.98. The summed E-state index contributed by atoms with van der Waals surface area (Å²) in [6.07, 6.45) is 9.19. The fraction of sp³-hybridized carbons (Fsp3) is 0.471. The van der Waals surface area contributed by atoms with Crippen molar-refractivity contribution in [3.05, 3.63) is 58.2 Å². The van der Waals surface area contributed by atoms with E-state index in [4.69, 9.17) is 14.5 Å². The number of ketones is 1. The Labute approximate surface area is 260 Å². The second-order valence-corrected chi connectivity index (χ2v) is 11.2. The maximum atomic E-state index is 13.8. The standard InChI is InChI=1S/C34H46N4O6/c1-9-11-13-19(3)35-27-17-25(37-21(5)39)23(15-29(27)43-7)31-33(41)32(34(31)42)24-16-30(44-8)28(18-26(24)38-22(6)40)36-20(4)14-12-10-2/h15-20,35,41H,9-14H2,1-8H3,(H,37,39)(H,38,40)/p-1/b32-24+,36-28?. The summed E-state index contributed by atoms with van der Waals surface area (Å²) < 4.78 is 11.2. The third-order valence-electron chi connectivity index (χ3n) is 7.45. The lowest BCUT2D eigenvalue weighted by atomic mass is 9.78. The van der Waals surface area contributed by atoms with Crippen LogP contribution in [0.25, 0.3) is 5.57 Å². The number of anilines is 2. The van der Waals surface area contributed by atoms with E-state index in [0.717, 1.165) is 38.5 Å². The van der Waals surface area contributed by atoms with E-state index in [1.54, 1.807) is 24.3 Å². The number of aliphatic imine (C=N–C) groups is 1. The number of methoxy groups -OCH3 is 2. The van der Waals surface area contributed by atoms with E-state index in [9.17, 15) is 19.5 Å². The van der Waals surface area contributed by atoms with E-state index in [-0.39, 0.29) is 51.9 Å². The van der Waals surface area contributed by atoms with Crippen molar-refractivity contribution in [1.82, 2.24) is 5.32 Å². The number of ether oxygens (including phenoxy) is 2. The van der Waals surface area contributed by atoms with Crippen LogP contribution < -0.4 is 25.8 Å². The zero-order valence-electron chi connectivity index (χ0n) is 27.1. The molecule has 0 aliphatic heterocycles.